The highest BCUT2D eigenvalue weighted by molar-refractivity contribution is 14.0. The minimum atomic E-state index is 0. The predicted molar refractivity (Wildman–Crippen MR) is 106 cm³/mol. The Hall–Kier alpha value is -0.610. The summed E-state index contributed by atoms with van der Waals surface area (Å²) in [7, 11) is 0. The molecule has 126 valence electrons. The van der Waals surface area contributed by atoms with Gasteiger partial charge in [0.25, 0.3) is 0 Å². The van der Waals surface area contributed by atoms with Gasteiger partial charge in [-0.1, -0.05) is 0 Å². The maximum atomic E-state index is 6.08. The van der Waals surface area contributed by atoms with Gasteiger partial charge in [0.1, 0.15) is 0 Å². The lowest BCUT2D eigenvalue weighted by atomic mass is 10.1. The number of nitrogens with two attached hydrogens (primary N) is 1. The molecule has 0 saturated carbocycles. The van der Waals surface area contributed by atoms with Crippen molar-refractivity contribution in [3.05, 3.63) is 11.6 Å². The summed E-state index contributed by atoms with van der Waals surface area (Å²) in [6.45, 7) is 11.7. The summed E-state index contributed by atoms with van der Waals surface area (Å²) < 4.78 is 0. The number of anilines is 1. The maximum Gasteiger partial charge on any atom is 0.191 e. The molecule has 2 heterocycles. The maximum absolute atomic E-state index is 6.08. The van der Waals surface area contributed by atoms with Crippen LogP contribution in [-0.4, -0.2) is 60.7 Å². The van der Waals surface area contributed by atoms with Gasteiger partial charge in [-0.15, -0.1) is 35.3 Å². The van der Waals surface area contributed by atoms with E-state index in [1.54, 1.807) is 11.3 Å². The molecule has 0 radical (unpaired) electrons. The zero-order valence-corrected chi connectivity index (χ0v) is 16.7. The first-order chi connectivity index (χ1) is 9.96. The van der Waals surface area contributed by atoms with E-state index in [0.29, 0.717) is 5.96 Å². The Bertz CT molecular complexity index is 448. The third-order valence-electron chi connectivity index (χ3n) is 3.33. The van der Waals surface area contributed by atoms with Crippen LogP contribution >= 0.6 is 35.3 Å². The molecule has 0 aliphatic carbocycles. The summed E-state index contributed by atoms with van der Waals surface area (Å²) in [5, 5.41) is 6.52. The van der Waals surface area contributed by atoms with Gasteiger partial charge in [0.15, 0.2) is 11.1 Å². The van der Waals surface area contributed by atoms with Crippen molar-refractivity contribution in [3.8, 4) is 0 Å². The molecule has 1 saturated heterocycles. The highest BCUT2D eigenvalue weighted by Gasteiger charge is 2.19. The molecule has 0 aromatic carbocycles. The van der Waals surface area contributed by atoms with Gasteiger partial charge in [-0.3, -0.25) is 4.99 Å². The number of aromatic nitrogens is 1. The predicted octanol–water partition coefficient (Wildman–Crippen LogP) is 1.59. The summed E-state index contributed by atoms with van der Waals surface area (Å²) in [5.41, 5.74) is 6.21. The van der Waals surface area contributed by atoms with Crippen molar-refractivity contribution >= 4 is 46.4 Å². The van der Waals surface area contributed by atoms with E-state index < -0.39 is 0 Å². The van der Waals surface area contributed by atoms with Crippen LogP contribution in [0.1, 0.15) is 20.8 Å². The fraction of sp³-hybridized carbons (Fsp3) is 0.714. The average Bonchev–Trinajstić information content (AvgIpc) is 2.96. The minimum absolute atomic E-state index is 0. The Labute approximate surface area is 154 Å². The SMILES string of the molecule is CC(C)(C)NCCN=C(N)N1CCN(c2nccs2)CC1.I. The van der Waals surface area contributed by atoms with Crippen LogP contribution in [0.25, 0.3) is 0 Å². The van der Waals surface area contributed by atoms with Crippen molar-refractivity contribution in [1.82, 2.24) is 15.2 Å². The highest BCUT2D eigenvalue weighted by Crippen LogP contribution is 2.18. The van der Waals surface area contributed by atoms with Crippen molar-refractivity contribution in [3.63, 3.8) is 0 Å². The Morgan fingerprint density at radius 3 is 2.59 bits per heavy atom. The zero-order chi connectivity index (χ0) is 15.3. The van der Waals surface area contributed by atoms with Crippen LogP contribution in [0.2, 0.25) is 0 Å². The summed E-state index contributed by atoms with van der Waals surface area (Å²) >= 11 is 1.68. The van der Waals surface area contributed by atoms with Gasteiger partial charge >= 0.3 is 0 Å². The molecule has 2 rings (SSSR count). The fourth-order valence-corrected chi connectivity index (χ4v) is 2.90. The third kappa shape index (κ3) is 6.25. The van der Waals surface area contributed by atoms with Gasteiger partial charge in [-0.05, 0) is 20.8 Å². The highest BCUT2D eigenvalue weighted by atomic mass is 127. The van der Waals surface area contributed by atoms with E-state index in [1.807, 2.05) is 11.6 Å². The lowest BCUT2D eigenvalue weighted by molar-refractivity contribution is 0.379. The number of guanidine groups is 1. The first-order valence-corrected chi connectivity index (χ1v) is 8.28. The fourth-order valence-electron chi connectivity index (χ4n) is 2.20. The van der Waals surface area contributed by atoms with E-state index in [4.69, 9.17) is 5.73 Å². The molecule has 1 aliphatic rings. The third-order valence-corrected chi connectivity index (χ3v) is 4.17. The largest absolute Gasteiger partial charge is 0.370 e. The van der Waals surface area contributed by atoms with E-state index in [2.05, 4.69) is 45.9 Å². The number of hydrogen-bond acceptors (Lipinski definition) is 5. The lowest BCUT2D eigenvalue weighted by Crippen LogP contribution is -2.51. The molecule has 1 aromatic rings. The minimum Gasteiger partial charge on any atom is -0.370 e. The monoisotopic (exact) mass is 438 g/mol. The quantitative estimate of drug-likeness (QED) is 0.324. The van der Waals surface area contributed by atoms with Crippen molar-refractivity contribution < 1.29 is 0 Å². The van der Waals surface area contributed by atoms with Gasteiger partial charge in [-0.2, -0.15) is 0 Å². The summed E-state index contributed by atoms with van der Waals surface area (Å²) in [6, 6.07) is 0. The first kappa shape index (κ1) is 19.4. The van der Waals surface area contributed by atoms with Crippen molar-refractivity contribution in [2.24, 2.45) is 10.7 Å². The van der Waals surface area contributed by atoms with E-state index in [-0.39, 0.29) is 29.5 Å². The van der Waals surface area contributed by atoms with Gasteiger partial charge < -0.3 is 20.9 Å². The Kier molecular flexibility index (Phi) is 7.84. The molecule has 0 amide bonds. The molecule has 1 aliphatic heterocycles. The summed E-state index contributed by atoms with van der Waals surface area (Å²) in [5.74, 6) is 0.657. The topological polar surface area (TPSA) is 69.8 Å². The molecule has 0 atom stereocenters. The number of aliphatic imine (C=N–C) groups is 1. The molecular formula is C14H27IN6S. The molecule has 22 heavy (non-hydrogen) atoms. The molecule has 0 unspecified atom stereocenters. The Morgan fingerprint density at radius 2 is 2.05 bits per heavy atom. The van der Waals surface area contributed by atoms with Gasteiger partial charge in [-0.25, -0.2) is 4.98 Å². The zero-order valence-electron chi connectivity index (χ0n) is 13.6. The van der Waals surface area contributed by atoms with Crippen LogP contribution in [0.5, 0.6) is 0 Å². The number of halogens is 1. The molecule has 0 bridgehead atoms. The van der Waals surface area contributed by atoms with Crippen molar-refractivity contribution in [2.75, 3.05) is 44.2 Å². The summed E-state index contributed by atoms with van der Waals surface area (Å²) in [4.78, 5) is 13.3. The molecule has 8 heteroatoms. The van der Waals surface area contributed by atoms with Crippen LogP contribution in [0.15, 0.2) is 16.6 Å². The first-order valence-electron chi connectivity index (χ1n) is 7.40. The van der Waals surface area contributed by atoms with Crippen molar-refractivity contribution in [1.29, 1.82) is 0 Å². The standard InChI is InChI=1S/C14H26N6S.HI/c1-14(2,3)18-5-4-16-12(15)19-7-9-20(10-8-19)13-17-6-11-21-13;/h6,11,18H,4-5,7-10H2,1-3H3,(H2,15,16);1H. The molecule has 3 N–H and O–H groups in total. The smallest absolute Gasteiger partial charge is 0.191 e. The number of rotatable bonds is 4. The molecule has 0 spiro atoms. The van der Waals surface area contributed by atoms with Crippen LogP contribution in [0, 0.1) is 0 Å². The van der Waals surface area contributed by atoms with E-state index in [1.165, 1.54) is 0 Å². The number of nitrogens with zero attached hydrogens (tertiary/aromatic N) is 4. The lowest BCUT2D eigenvalue weighted by Gasteiger charge is -2.35. The Morgan fingerprint density at radius 1 is 1.36 bits per heavy atom. The number of thiazole rings is 1. The van der Waals surface area contributed by atoms with Gasteiger partial charge in [0, 0.05) is 49.8 Å². The summed E-state index contributed by atoms with van der Waals surface area (Å²) in [6.07, 6.45) is 1.85. The Balaban J connectivity index is 0.00000242. The van der Waals surface area contributed by atoms with Gasteiger partial charge in [0.05, 0.1) is 6.54 Å². The number of piperazine rings is 1. The van der Waals surface area contributed by atoms with E-state index in [0.717, 1.165) is 44.4 Å². The average molecular weight is 438 g/mol. The second kappa shape index (κ2) is 8.88. The number of nitrogens with one attached hydrogen (secondary N) is 1. The molecular weight excluding hydrogens is 411 g/mol. The van der Waals surface area contributed by atoms with Crippen LogP contribution in [0.3, 0.4) is 0 Å². The van der Waals surface area contributed by atoms with Gasteiger partial charge in [0.2, 0.25) is 0 Å². The molecule has 1 aromatic heterocycles. The van der Waals surface area contributed by atoms with Crippen LogP contribution < -0.4 is 16.0 Å². The molecule has 6 nitrogen and oxygen atoms in total. The van der Waals surface area contributed by atoms with Crippen molar-refractivity contribution in [2.45, 2.75) is 26.3 Å². The second-order valence-corrected chi connectivity index (χ2v) is 7.08. The molecule has 1 fully saturated rings. The van der Waals surface area contributed by atoms with E-state index in [9.17, 15) is 0 Å². The van der Waals surface area contributed by atoms with E-state index >= 15 is 0 Å². The number of hydrogen-bond donors (Lipinski definition) is 2. The van der Waals surface area contributed by atoms with Crippen LogP contribution in [-0.2, 0) is 0 Å². The van der Waals surface area contributed by atoms with Crippen LogP contribution in [0.4, 0.5) is 5.13 Å². The normalized spacial score (nSPS) is 16.6. The second-order valence-electron chi connectivity index (χ2n) is 6.21.